The number of hydrogen-bond donors (Lipinski definition) is 2. The van der Waals surface area contributed by atoms with E-state index in [2.05, 4.69) is 0 Å². The van der Waals surface area contributed by atoms with Crippen LogP contribution in [0.15, 0.2) is 48.5 Å². The molecule has 0 saturated carbocycles. The predicted molar refractivity (Wildman–Crippen MR) is 130 cm³/mol. The van der Waals surface area contributed by atoms with E-state index in [-0.39, 0.29) is 17.1 Å². The van der Waals surface area contributed by atoms with Gasteiger partial charge in [0.2, 0.25) is 0 Å². The minimum absolute atomic E-state index is 0.181. The standard InChI is InChI=1S/C28H25F2NO4/c1-4-28(13-35-14-28)26-24(17-5-7-20(27(33)34)15(2)9-17)25-22(11-18(29)12-23(25)32)31(26)19-6-8-21(30)16(3)10-19/h5-12,32H,4,13-14H2,1-3H3,(H,33,34). The van der Waals surface area contributed by atoms with Crippen molar-refractivity contribution in [3.8, 4) is 22.6 Å². The summed E-state index contributed by atoms with van der Waals surface area (Å²) in [4.78, 5) is 11.6. The Morgan fingerprint density at radius 3 is 2.37 bits per heavy atom. The van der Waals surface area contributed by atoms with Crippen molar-refractivity contribution < 1.29 is 28.5 Å². The van der Waals surface area contributed by atoms with Gasteiger partial charge in [-0.2, -0.15) is 0 Å². The summed E-state index contributed by atoms with van der Waals surface area (Å²) < 4.78 is 36.3. The summed E-state index contributed by atoms with van der Waals surface area (Å²) >= 11 is 0. The molecule has 7 heteroatoms. The van der Waals surface area contributed by atoms with Gasteiger partial charge in [-0.05, 0) is 67.3 Å². The largest absolute Gasteiger partial charge is 0.507 e. The molecule has 5 nitrogen and oxygen atoms in total. The average molecular weight is 478 g/mol. The minimum Gasteiger partial charge on any atom is -0.507 e. The molecule has 0 bridgehead atoms. The monoisotopic (exact) mass is 477 g/mol. The number of hydrogen-bond acceptors (Lipinski definition) is 3. The zero-order valence-corrected chi connectivity index (χ0v) is 19.7. The van der Waals surface area contributed by atoms with Gasteiger partial charge in [0, 0.05) is 23.0 Å². The van der Waals surface area contributed by atoms with E-state index in [0.717, 1.165) is 11.8 Å². The van der Waals surface area contributed by atoms with Crippen LogP contribution in [-0.4, -0.2) is 34.0 Å². The first-order chi connectivity index (χ1) is 16.7. The van der Waals surface area contributed by atoms with Crippen molar-refractivity contribution in [2.24, 2.45) is 0 Å². The number of aromatic hydroxyl groups is 1. The van der Waals surface area contributed by atoms with E-state index in [4.69, 9.17) is 4.74 Å². The van der Waals surface area contributed by atoms with Crippen LogP contribution in [-0.2, 0) is 10.2 Å². The number of phenolic OH excluding ortho intramolecular Hbond substituents is 1. The molecule has 180 valence electrons. The third kappa shape index (κ3) is 3.49. The molecule has 0 unspecified atom stereocenters. The molecule has 1 fully saturated rings. The molecule has 1 saturated heterocycles. The maximum absolute atomic E-state index is 14.6. The van der Waals surface area contributed by atoms with Gasteiger partial charge in [-0.3, -0.25) is 0 Å². The highest BCUT2D eigenvalue weighted by atomic mass is 19.1. The highest BCUT2D eigenvalue weighted by Gasteiger charge is 2.44. The Hall–Kier alpha value is -3.71. The van der Waals surface area contributed by atoms with Crippen LogP contribution in [0.1, 0.15) is 40.5 Å². The number of aromatic carboxylic acids is 1. The lowest BCUT2D eigenvalue weighted by molar-refractivity contribution is -0.0644. The van der Waals surface area contributed by atoms with Gasteiger partial charge in [0.25, 0.3) is 0 Å². The summed E-state index contributed by atoms with van der Waals surface area (Å²) in [6.45, 7) is 6.30. The van der Waals surface area contributed by atoms with Gasteiger partial charge in [-0.1, -0.05) is 19.1 Å². The Balaban J connectivity index is 1.96. The molecule has 1 aliphatic heterocycles. The fraction of sp³-hybridized carbons (Fsp3) is 0.250. The molecule has 0 atom stereocenters. The van der Waals surface area contributed by atoms with E-state index in [1.165, 1.54) is 12.1 Å². The van der Waals surface area contributed by atoms with Crippen molar-refractivity contribution in [2.75, 3.05) is 13.2 Å². The summed E-state index contributed by atoms with van der Waals surface area (Å²) in [7, 11) is 0. The van der Waals surface area contributed by atoms with E-state index >= 15 is 0 Å². The molecule has 5 rings (SSSR count). The number of fused-ring (bicyclic) bond motifs is 1. The second-order valence-corrected chi connectivity index (χ2v) is 9.27. The van der Waals surface area contributed by atoms with Gasteiger partial charge in [0.1, 0.15) is 17.4 Å². The number of carbonyl (C=O) groups is 1. The fourth-order valence-corrected chi connectivity index (χ4v) is 5.10. The number of carboxylic acids is 1. The Bertz CT molecular complexity index is 1500. The SMILES string of the molecule is CCC1(c2c(-c3ccc(C(=O)O)c(C)c3)c3c(O)cc(F)cc3n2-c2ccc(F)c(C)c2)COC1. The van der Waals surface area contributed by atoms with Crippen LogP contribution in [0.3, 0.4) is 0 Å². The second-order valence-electron chi connectivity index (χ2n) is 9.27. The van der Waals surface area contributed by atoms with Gasteiger partial charge in [0.05, 0.1) is 35.1 Å². The summed E-state index contributed by atoms with van der Waals surface area (Å²) in [5, 5.41) is 20.9. The molecule has 0 aliphatic carbocycles. The Labute approximate surface area is 201 Å². The van der Waals surface area contributed by atoms with E-state index in [1.54, 1.807) is 44.2 Å². The summed E-state index contributed by atoms with van der Waals surface area (Å²) in [6, 6.07) is 12.2. The second kappa shape index (κ2) is 8.20. The zero-order chi connectivity index (χ0) is 25.1. The number of aromatic nitrogens is 1. The lowest BCUT2D eigenvalue weighted by atomic mass is 9.76. The van der Waals surface area contributed by atoms with Crippen molar-refractivity contribution in [1.29, 1.82) is 0 Å². The molecule has 0 spiro atoms. The van der Waals surface area contributed by atoms with E-state index < -0.39 is 17.2 Å². The van der Waals surface area contributed by atoms with Crippen molar-refractivity contribution in [3.05, 3.63) is 82.5 Å². The molecule has 2 heterocycles. The number of carboxylic acid groups (broad SMARTS) is 1. The van der Waals surface area contributed by atoms with Gasteiger partial charge < -0.3 is 19.5 Å². The van der Waals surface area contributed by atoms with Crippen molar-refractivity contribution in [3.63, 3.8) is 0 Å². The van der Waals surface area contributed by atoms with Gasteiger partial charge >= 0.3 is 5.97 Å². The van der Waals surface area contributed by atoms with E-state index in [1.807, 2.05) is 11.5 Å². The molecule has 1 aromatic heterocycles. The highest BCUT2D eigenvalue weighted by Crippen LogP contribution is 2.49. The lowest BCUT2D eigenvalue weighted by Crippen LogP contribution is -2.47. The molecule has 0 amide bonds. The first-order valence-electron chi connectivity index (χ1n) is 11.4. The third-order valence-electron chi connectivity index (χ3n) is 7.09. The molecular formula is C28H25F2NO4. The first-order valence-corrected chi connectivity index (χ1v) is 11.4. The van der Waals surface area contributed by atoms with Crippen molar-refractivity contribution in [1.82, 2.24) is 4.57 Å². The lowest BCUT2D eigenvalue weighted by Gasteiger charge is -2.42. The normalized spacial score (nSPS) is 14.8. The molecule has 0 radical (unpaired) electrons. The number of benzene rings is 3. The van der Waals surface area contributed by atoms with Crippen LogP contribution in [0.4, 0.5) is 8.78 Å². The summed E-state index contributed by atoms with van der Waals surface area (Å²) in [5.41, 5.74) is 4.04. The molecule has 3 aromatic carbocycles. The number of halogens is 2. The maximum atomic E-state index is 14.6. The molecule has 1 aliphatic rings. The van der Waals surface area contributed by atoms with Crippen LogP contribution in [0, 0.1) is 25.5 Å². The topological polar surface area (TPSA) is 71.7 Å². The van der Waals surface area contributed by atoms with Crippen LogP contribution >= 0.6 is 0 Å². The zero-order valence-electron chi connectivity index (χ0n) is 19.7. The quantitative estimate of drug-likeness (QED) is 0.355. The number of nitrogens with zero attached hydrogens (tertiary/aromatic N) is 1. The summed E-state index contributed by atoms with van der Waals surface area (Å²) in [5.74, 6) is -2.20. The molecule has 35 heavy (non-hydrogen) atoms. The smallest absolute Gasteiger partial charge is 0.335 e. The van der Waals surface area contributed by atoms with Gasteiger partial charge in [-0.25, -0.2) is 13.6 Å². The van der Waals surface area contributed by atoms with Crippen LogP contribution in [0.2, 0.25) is 0 Å². The minimum atomic E-state index is -1.03. The highest BCUT2D eigenvalue weighted by molar-refractivity contribution is 6.04. The fourth-order valence-electron chi connectivity index (χ4n) is 5.10. The predicted octanol–water partition coefficient (Wildman–Crippen LogP) is 6.27. The van der Waals surface area contributed by atoms with E-state index in [9.17, 15) is 23.8 Å². The number of aryl methyl sites for hydroxylation is 2. The molecular weight excluding hydrogens is 452 g/mol. The van der Waals surface area contributed by atoms with Crippen molar-refractivity contribution in [2.45, 2.75) is 32.6 Å². The summed E-state index contributed by atoms with van der Waals surface area (Å²) in [6.07, 6.45) is 0.714. The third-order valence-corrected chi connectivity index (χ3v) is 7.09. The molecule has 2 N–H and O–H groups in total. The Morgan fingerprint density at radius 2 is 1.80 bits per heavy atom. The van der Waals surface area contributed by atoms with Gasteiger partial charge in [-0.15, -0.1) is 0 Å². The van der Waals surface area contributed by atoms with Crippen LogP contribution in [0.5, 0.6) is 5.75 Å². The number of rotatable bonds is 5. The molecule has 4 aromatic rings. The Kier molecular flexibility index (Phi) is 5.40. The van der Waals surface area contributed by atoms with Crippen molar-refractivity contribution >= 4 is 16.9 Å². The Morgan fingerprint density at radius 1 is 1.06 bits per heavy atom. The van der Waals surface area contributed by atoms with Crippen LogP contribution < -0.4 is 0 Å². The van der Waals surface area contributed by atoms with Crippen LogP contribution in [0.25, 0.3) is 27.7 Å². The average Bonchev–Trinajstić information content (AvgIpc) is 3.10. The van der Waals surface area contributed by atoms with E-state index in [0.29, 0.717) is 58.5 Å². The number of phenols is 1. The number of ether oxygens (including phenoxy) is 1. The maximum Gasteiger partial charge on any atom is 0.335 e. The van der Waals surface area contributed by atoms with Gasteiger partial charge in [0.15, 0.2) is 0 Å². The first kappa shape index (κ1) is 23.1.